The van der Waals surface area contributed by atoms with Crippen molar-refractivity contribution in [2.45, 2.75) is 101 Å². The summed E-state index contributed by atoms with van der Waals surface area (Å²) in [7, 11) is 1.42. The van der Waals surface area contributed by atoms with E-state index in [9.17, 15) is 15.0 Å². The molecule has 42 heavy (non-hydrogen) atoms. The molecule has 2 aromatic carbocycles. The number of rotatable bonds is 15. The van der Waals surface area contributed by atoms with E-state index in [1.807, 2.05) is 42.5 Å². The number of methoxy groups -OCH3 is 1. The molecule has 1 aliphatic heterocycles. The number of carbonyl (C=O) groups excluding carboxylic acids is 1. The van der Waals surface area contributed by atoms with Crippen molar-refractivity contribution >= 4 is 5.97 Å². The molecule has 1 saturated heterocycles. The molecule has 1 heterocycles. The Hall–Kier alpha value is -2.51. The molecular weight excluding hydrogens is 528 g/mol. The second-order valence-electron chi connectivity index (χ2n) is 12.1. The van der Waals surface area contributed by atoms with Gasteiger partial charge in [0.15, 0.2) is 5.79 Å². The van der Waals surface area contributed by atoms with Gasteiger partial charge in [-0.15, -0.1) is 0 Å². The summed E-state index contributed by atoms with van der Waals surface area (Å²) in [5, 5.41) is 22.7. The van der Waals surface area contributed by atoms with Crippen LogP contribution in [0.15, 0.2) is 72.8 Å². The van der Waals surface area contributed by atoms with Crippen molar-refractivity contribution in [3.8, 4) is 0 Å². The summed E-state index contributed by atoms with van der Waals surface area (Å²) in [6.07, 6.45) is 11.9. The number of aliphatic hydroxyl groups excluding tert-OH is 2. The minimum atomic E-state index is -0.958. The summed E-state index contributed by atoms with van der Waals surface area (Å²) in [5.41, 5.74) is 1.81. The van der Waals surface area contributed by atoms with Gasteiger partial charge in [-0.3, -0.25) is 4.79 Å². The molecule has 2 N–H and O–H groups in total. The Morgan fingerprint density at radius 2 is 1.57 bits per heavy atom. The van der Waals surface area contributed by atoms with Gasteiger partial charge in [0, 0.05) is 24.7 Å². The fraction of sp³-hybridized carbons (Fsp3) is 0.583. The van der Waals surface area contributed by atoms with Crippen LogP contribution in [-0.2, 0) is 24.4 Å². The third kappa shape index (κ3) is 7.71. The second kappa shape index (κ2) is 15.8. The van der Waals surface area contributed by atoms with Crippen molar-refractivity contribution in [3.63, 3.8) is 0 Å². The lowest BCUT2D eigenvalue weighted by molar-refractivity contribution is -0.306. The van der Waals surface area contributed by atoms with E-state index in [0.717, 1.165) is 62.5 Å². The highest BCUT2D eigenvalue weighted by atomic mass is 16.7. The zero-order valence-corrected chi connectivity index (χ0v) is 25.5. The van der Waals surface area contributed by atoms with Crippen LogP contribution in [0.2, 0.25) is 0 Å². The second-order valence-corrected chi connectivity index (χ2v) is 12.1. The molecule has 0 aromatic heterocycles. The lowest BCUT2D eigenvalue weighted by atomic mass is 9.74. The smallest absolute Gasteiger partial charge is 0.305 e. The Labute approximate surface area is 252 Å². The summed E-state index contributed by atoms with van der Waals surface area (Å²) in [5.74, 6) is -1.66. The molecule has 230 valence electrons. The number of aliphatic hydroxyl groups is 2. The summed E-state index contributed by atoms with van der Waals surface area (Å²) in [4.78, 5) is 11.5. The largest absolute Gasteiger partial charge is 0.469 e. The van der Waals surface area contributed by atoms with E-state index in [2.05, 4.69) is 37.3 Å². The Morgan fingerprint density at radius 3 is 2.17 bits per heavy atom. The molecule has 4 atom stereocenters. The average molecular weight is 579 g/mol. The highest BCUT2D eigenvalue weighted by molar-refractivity contribution is 5.68. The van der Waals surface area contributed by atoms with Gasteiger partial charge in [0.25, 0.3) is 0 Å². The molecule has 0 bridgehead atoms. The number of benzene rings is 2. The SMILES string of the molecule is CCCCC/C=C/[C@H](O)[C@H]1[C@H](O)CC2(OCC(c3ccccc3)(c3ccccc3)CO2)[C@@H]1CCCCCCC(=O)OC. The predicted molar refractivity (Wildman–Crippen MR) is 165 cm³/mol. The van der Waals surface area contributed by atoms with E-state index in [1.165, 1.54) is 13.5 Å². The summed E-state index contributed by atoms with van der Waals surface area (Å²) < 4.78 is 18.4. The molecule has 2 fully saturated rings. The van der Waals surface area contributed by atoms with Crippen molar-refractivity contribution < 1.29 is 29.2 Å². The molecular formula is C36H50O6. The third-order valence-electron chi connectivity index (χ3n) is 9.32. The van der Waals surface area contributed by atoms with Crippen LogP contribution in [0.4, 0.5) is 0 Å². The molecule has 1 saturated carbocycles. The number of hydrogen-bond donors (Lipinski definition) is 2. The monoisotopic (exact) mass is 578 g/mol. The molecule has 0 unspecified atom stereocenters. The molecule has 1 aliphatic carbocycles. The average Bonchev–Trinajstić information content (AvgIpc) is 3.29. The van der Waals surface area contributed by atoms with Crippen LogP contribution in [0.25, 0.3) is 0 Å². The van der Waals surface area contributed by atoms with E-state index >= 15 is 0 Å². The van der Waals surface area contributed by atoms with Crippen LogP contribution in [0.5, 0.6) is 0 Å². The molecule has 2 aromatic rings. The van der Waals surface area contributed by atoms with Crippen molar-refractivity contribution in [2.75, 3.05) is 20.3 Å². The molecule has 0 radical (unpaired) electrons. The number of carbonyl (C=O) groups is 1. The van der Waals surface area contributed by atoms with Crippen LogP contribution in [-0.4, -0.2) is 54.5 Å². The zero-order chi connectivity index (χ0) is 29.8. The minimum absolute atomic E-state index is 0.159. The van der Waals surface area contributed by atoms with Gasteiger partial charge in [-0.05, 0) is 36.8 Å². The zero-order valence-electron chi connectivity index (χ0n) is 25.5. The van der Waals surface area contributed by atoms with Crippen LogP contribution in [0, 0.1) is 11.8 Å². The fourth-order valence-electron chi connectivity index (χ4n) is 6.90. The van der Waals surface area contributed by atoms with E-state index in [0.29, 0.717) is 26.1 Å². The van der Waals surface area contributed by atoms with E-state index < -0.39 is 23.4 Å². The van der Waals surface area contributed by atoms with Gasteiger partial charge in [0.2, 0.25) is 0 Å². The number of allylic oxidation sites excluding steroid dienone is 1. The minimum Gasteiger partial charge on any atom is -0.469 e. The highest BCUT2D eigenvalue weighted by Gasteiger charge is 2.60. The first-order chi connectivity index (χ1) is 20.5. The summed E-state index contributed by atoms with van der Waals surface area (Å²) in [6.45, 7) is 3.04. The molecule has 6 heteroatoms. The van der Waals surface area contributed by atoms with Crippen LogP contribution in [0.3, 0.4) is 0 Å². The van der Waals surface area contributed by atoms with Gasteiger partial charge in [-0.2, -0.15) is 0 Å². The first-order valence-electron chi connectivity index (χ1n) is 15.9. The third-order valence-corrected chi connectivity index (χ3v) is 9.32. The Balaban J connectivity index is 1.52. The first-order valence-corrected chi connectivity index (χ1v) is 15.9. The van der Waals surface area contributed by atoms with Crippen molar-refractivity contribution in [1.82, 2.24) is 0 Å². The van der Waals surface area contributed by atoms with E-state index in [1.54, 1.807) is 0 Å². The maximum Gasteiger partial charge on any atom is 0.305 e. The van der Waals surface area contributed by atoms with Gasteiger partial charge in [-0.25, -0.2) is 0 Å². The molecule has 6 nitrogen and oxygen atoms in total. The van der Waals surface area contributed by atoms with Crippen LogP contribution >= 0.6 is 0 Å². The van der Waals surface area contributed by atoms with Crippen molar-refractivity contribution in [3.05, 3.63) is 83.9 Å². The van der Waals surface area contributed by atoms with Gasteiger partial charge in [0.05, 0.1) is 37.9 Å². The molecule has 2 aliphatic rings. The van der Waals surface area contributed by atoms with E-state index in [4.69, 9.17) is 14.2 Å². The Bertz CT molecular complexity index is 1050. The maximum absolute atomic E-state index is 11.5. The van der Waals surface area contributed by atoms with E-state index in [-0.39, 0.29) is 17.8 Å². The fourth-order valence-corrected chi connectivity index (χ4v) is 6.90. The summed E-state index contributed by atoms with van der Waals surface area (Å²) in [6, 6.07) is 20.7. The Kier molecular flexibility index (Phi) is 12.2. The Morgan fingerprint density at radius 1 is 0.952 bits per heavy atom. The number of esters is 1. The van der Waals surface area contributed by atoms with Crippen LogP contribution in [0.1, 0.15) is 88.7 Å². The summed E-state index contributed by atoms with van der Waals surface area (Å²) >= 11 is 0. The highest BCUT2D eigenvalue weighted by Crippen LogP contribution is 2.52. The number of hydrogen-bond acceptors (Lipinski definition) is 6. The number of ether oxygens (including phenoxy) is 3. The lowest BCUT2D eigenvalue weighted by Gasteiger charge is -2.48. The quantitative estimate of drug-likeness (QED) is 0.139. The standard InChI is InChI=1S/C36H50O6/c1-3-4-5-6-16-23-31(37)34-30(22-15-7-8-17-24-33(39)40-2)36(25-32(34)38)41-26-35(27-42-36,28-18-11-9-12-19-28)29-20-13-10-14-21-29/h9-14,16,18-21,23,30-32,34,37-38H,3-8,15,17,22,24-27H2,1-2H3/b23-16+/t30-,31+,32-,34+/m1/s1. The molecule has 4 rings (SSSR count). The van der Waals surface area contributed by atoms with Crippen molar-refractivity contribution in [1.29, 1.82) is 0 Å². The topological polar surface area (TPSA) is 85.2 Å². The van der Waals surface area contributed by atoms with Gasteiger partial charge < -0.3 is 24.4 Å². The normalized spacial score (nSPS) is 23.8. The van der Waals surface area contributed by atoms with Gasteiger partial charge in [0.1, 0.15) is 0 Å². The van der Waals surface area contributed by atoms with Crippen LogP contribution < -0.4 is 0 Å². The lowest BCUT2D eigenvalue weighted by Crippen LogP contribution is -2.55. The van der Waals surface area contributed by atoms with Gasteiger partial charge >= 0.3 is 5.97 Å². The first kappa shape index (κ1) is 32.4. The molecule has 0 amide bonds. The predicted octanol–water partition coefficient (Wildman–Crippen LogP) is 6.72. The maximum atomic E-state index is 11.5. The molecule has 1 spiro atoms. The van der Waals surface area contributed by atoms with Crippen molar-refractivity contribution in [2.24, 2.45) is 11.8 Å². The number of unbranched alkanes of at least 4 members (excludes halogenated alkanes) is 6. The van der Waals surface area contributed by atoms with Gasteiger partial charge in [-0.1, -0.05) is 112 Å².